The molecule has 5 heteroatoms. The van der Waals surface area contributed by atoms with E-state index >= 15 is 0 Å². The summed E-state index contributed by atoms with van der Waals surface area (Å²) in [4.78, 5) is 0. The fourth-order valence-electron chi connectivity index (χ4n) is 0.677. The minimum Gasteiger partial charge on any atom is -0.247 e. The van der Waals surface area contributed by atoms with E-state index < -0.39 is 20.6 Å². The van der Waals surface area contributed by atoms with Crippen LogP contribution in [0.2, 0.25) is 0 Å². The van der Waals surface area contributed by atoms with Gasteiger partial charge in [0.25, 0.3) is 0 Å². The molecule has 0 aliphatic rings. The summed E-state index contributed by atoms with van der Waals surface area (Å²) in [5.74, 6) is -0.299. The molecule has 0 heterocycles. The molecular formula is C7H14ClFO2S. The molecule has 0 amide bonds. The van der Waals surface area contributed by atoms with Crippen LogP contribution in [0.5, 0.6) is 0 Å². The number of alkyl halides is 1. The van der Waals surface area contributed by atoms with Gasteiger partial charge in [-0.2, -0.15) is 0 Å². The Morgan fingerprint density at radius 3 is 2.08 bits per heavy atom. The zero-order chi connectivity index (χ0) is 9.99. The van der Waals surface area contributed by atoms with E-state index in [1.165, 1.54) is 0 Å². The normalized spacial score (nSPS) is 16.1. The summed E-state index contributed by atoms with van der Waals surface area (Å²) in [6.45, 7) is 5.16. The van der Waals surface area contributed by atoms with Gasteiger partial charge in [-0.05, 0) is 11.8 Å². The lowest BCUT2D eigenvalue weighted by atomic mass is 9.89. The summed E-state index contributed by atoms with van der Waals surface area (Å²) in [6, 6.07) is 0. The molecule has 0 radical (unpaired) electrons. The summed E-state index contributed by atoms with van der Waals surface area (Å²) in [5.41, 5.74) is -0.512. The molecule has 74 valence electrons. The molecule has 1 atom stereocenters. The topological polar surface area (TPSA) is 34.1 Å². The van der Waals surface area contributed by atoms with Crippen molar-refractivity contribution in [2.45, 2.75) is 33.4 Å². The lowest BCUT2D eigenvalue weighted by molar-refractivity contribution is 0.158. The first-order valence-electron chi connectivity index (χ1n) is 3.69. The predicted octanol–water partition coefficient (Wildman–Crippen LogP) is 2.33. The average molecular weight is 217 g/mol. The number of hydrogen-bond acceptors (Lipinski definition) is 2. The van der Waals surface area contributed by atoms with Crippen molar-refractivity contribution in [1.82, 2.24) is 0 Å². The van der Waals surface area contributed by atoms with E-state index in [4.69, 9.17) is 10.7 Å². The molecule has 0 aliphatic heterocycles. The first-order valence-corrected chi connectivity index (χ1v) is 6.17. The minimum absolute atomic E-state index is 0.0324. The standard InChI is InChI=1S/C7H14ClFO2S/c1-7(2,3)6(9)4-5-12(8,10)11/h6H,4-5H2,1-3H3. The monoisotopic (exact) mass is 216 g/mol. The van der Waals surface area contributed by atoms with Gasteiger partial charge in [-0.15, -0.1) is 0 Å². The van der Waals surface area contributed by atoms with Crippen LogP contribution in [-0.2, 0) is 9.05 Å². The Bertz CT molecular complexity index is 230. The van der Waals surface area contributed by atoms with E-state index in [1.807, 2.05) is 0 Å². The van der Waals surface area contributed by atoms with Crippen molar-refractivity contribution in [3.05, 3.63) is 0 Å². The van der Waals surface area contributed by atoms with Crippen LogP contribution >= 0.6 is 10.7 Å². The first-order chi connectivity index (χ1) is 5.13. The minimum atomic E-state index is -3.55. The highest BCUT2D eigenvalue weighted by Gasteiger charge is 2.25. The van der Waals surface area contributed by atoms with Gasteiger partial charge in [-0.25, -0.2) is 12.8 Å². The van der Waals surface area contributed by atoms with E-state index in [1.54, 1.807) is 20.8 Å². The van der Waals surface area contributed by atoms with Crippen molar-refractivity contribution >= 4 is 19.7 Å². The van der Waals surface area contributed by atoms with Crippen LogP contribution in [0.25, 0.3) is 0 Å². The molecule has 1 unspecified atom stereocenters. The van der Waals surface area contributed by atoms with Gasteiger partial charge in [-0.1, -0.05) is 20.8 Å². The third-order valence-electron chi connectivity index (χ3n) is 1.55. The van der Waals surface area contributed by atoms with Crippen molar-refractivity contribution in [3.63, 3.8) is 0 Å². The van der Waals surface area contributed by atoms with Crippen molar-refractivity contribution in [2.75, 3.05) is 5.75 Å². The van der Waals surface area contributed by atoms with Gasteiger partial charge in [-0.3, -0.25) is 0 Å². The van der Waals surface area contributed by atoms with Gasteiger partial charge < -0.3 is 0 Å². The van der Waals surface area contributed by atoms with Crippen LogP contribution in [0.3, 0.4) is 0 Å². The smallest absolute Gasteiger partial charge is 0.232 e. The number of rotatable bonds is 3. The molecule has 0 aromatic rings. The molecule has 0 saturated carbocycles. The summed E-state index contributed by atoms with van der Waals surface area (Å²) < 4.78 is 34.0. The summed E-state index contributed by atoms with van der Waals surface area (Å²) >= 11 is 0. The molecule has 0 rings (SSSR count). The van der Waals surface area contributed by atoms with Crippen LogP contribution in [0, 0.1) is 5.41 Å². The largest absolute Gasteiger partial charge is 0.247 e. The third kappa shape index (κ3) is 5.77. The molecule has 0 saturated heterocycles. The third-order valence-corrected chi connectivity index (χ3v) is 2.74. The molecule has 12 heavy (non-hydrogen) atoms. The predicted molar refractivity (Wildman–Crippen MR) is 48.6 cm³/mol. The van der Waals surface area contributed by atoms with Crippen molar-refractivity contribution in [1.29, 1.82) is 0 Å². The highest BCUT2D eigenvalue weighted by Crippen LogP contribution is 2.25. The maximum absolute atomic E-state index is 13.1. The van der Waals surface area contributed by atoms with Crippen LogP contribution in [0.15, 0.2) is 0 Å². The van der Waals surface area contributed by atoms with Crippen LogP contribution < -0.4 is 0 Å². The Hall–Kier alpha value is 0.170. The maximum Gasteiger partial charge on any atom is 0.232 e. The zero-order valence-corrected chi connectivity index (χ0v) is 9.04. The van der Waals surface area contributed by atoms with Crippen LogP contribution in [-0.4, -0.2) is 20.3 Å². The molecule has 0 aliphatic carbocycles. The Kier molecular flexibility index (Phi) is 3.97. The van der Waals surface area contributed by atoms with Gasteiger partial charge in [0.2, 0.25) is 9.05 Å². The molecule has 0 aromatic carbocycles. The van der Waals surface area contributed by atoms with Crippen molar-refractivity contribution in [3.8, 4) is 0 Å². The van der Waals surface area contributed by atoms with Crippen molar-refractivity contribution in [2.24, 2.45) is 5.41 Å². The van der Waals surface area contributed by atoms with Gasteiger partial charge in [0.15, 0.2) is 0 Å². The second-order valence-electron chi connectivity index (χ2n) is 3.87. The fourth-order valence-corrected chi connectivity index (χ4v) is 1.43. The number of hydrogen-bond donors (Lipinski definition) is 0. The van der Waals surface area contributed by atoms with Crippen LogP contribution in [0.1, 0.15) is 27.2 Å². The van der Waals surface area contributed by atoms with Crippen molar-refractivity contribution < 1.29 is 12.8 Å². The molecule has 0 fully saturated rings. The Balaban J connectivity index is 3.97. The zero-order valence-electron chi connectivity index (χ0n) is 7.47. The molecule has 0 bridgehead atoms. The number of halogens is 2. The first kappa shape index (κ1) is 12.2. The van der Waals surface area contributed by atoms with Gasteiger partial charge in [0.05, 0.1) is 5.75 Å². The molecule has 0 spiro atoms. The second kappa shape index (κ2) is 3.92. The Labute approximate surface area is 77.5 Å². The molecule has 0 N–H and O–H groups in total. The van der Waals surface area contributed by atoms with Gasteiger partial charge in [0, 0.05) is 10.7 Å². The van der Waals surface area contributed by atoms with Gasteiger partial charge >= 0.3 is 0 Å². The van der Waals surface area contributed by atoms with E-state index in [0.717, 1.165) is 0 Å². The Morgan fingerprint density at radius 2 is 1.83 bits per heavy atom. The lowest BCUT2D eigenvalue weighted by Crippen LogP contribution is -2.23. The SMILES string of the molecule is CC(C)(C)C(F)CCS(=O)(=O)Cl. The maximum atomic E-state index is 13.1. The highest BCUT2D eigenvalue weighted by atomic mass is 35.7. The summed E-state index contributed by atoms with van der Waals surface area (Å²) in [7, 11) is 1.39. The summed E-state index contributed by atoms with van der Waals surface area (Å²) in [6.07, 6.45) is -1.17. The Morgan fingerprint density at radius 1 is 1.42 bits per heavy atom. The average Bonchev–Trinajstić information content (AvgIpc) is 1.78. The van der Waals surface area contributed by atoms with Crippen LogP contribution in [0.4, 0.5) is 4.39 Å². The van der Waals surface area contributed by atoms with Gasteiger partial charge in [0.1, 0.15) is 6.17 Å². The molecule has 0 aromatic heterocycles. The van der Waals surface area contributed by atoms with E-state index in [9.17, 15) is 12.8 Å². The summed E-state index contributed by atoms with van der Waals surface area (Å²) in [5, 5.41) is 0. The molecular weight excluding hydrogens is 203 g/mol. The second-order valence-corrected chi connectivity index (χ2v) is 6.76. The van der Waals surface area contributed by atoms with E-state index in [2.05, 4.69) is 0 Å². The lowest BCUT2D eigenvalue weighted by Gasteiger charge is -2.22. The quantitative estimate of drug-likeness (QED) is 0.679. The fraction of sp³-hybridized carbons (Fsp3) is 1.00. The van der Waals surface area contributed by atoms with E-state index in [0.29, 0.717) is 0 Å². The van der Waals surface area contributed by atoms with E-state index in [-0.39, 0.29) is 12.2 Å². The highest BCUT2D eigenvalue weighted by molar-refractivity contribution is 8.13. The molecule has 2 nitrogen and oxygen atoms in total.